The van der Waals surface area contributed by atoms with E-state index in [2.05, 4.69) is 38.2 Å². The highest BCUT2D eigenvalue weighted by Crippen LogP contribution is 2.32. The molecule has 0 amide bonds. The number of ether oxygens (including phenoxy) is 2. The van der Waals surface area contributed by atoms with E-state index in [1.54, 1.807) is 14.2 Å². The Balaban J connectivity index is 2.04. The normalized spacial score (nSPS) is 27.2. The molecule has 1 aliphatic carbocycles. The summed E-state index contributed by atoms with van der Waals surface area (Å²) in [5.74, 6) is 3.23. The van der Waals surface area contributed by atoms with Gasteiger partial charge in [-0.05, 0) is 55.7 Å². The molecule has 1 N–H and O–H groups in total. The molecule has 0 heterocycles. The molecule has 3 heteroatoms. The Morgan fingerprint density at radius 2 is 1.62 bits per heavy atom. The van der Waals surface area contributed by atoms with Gasteiger partial charge in [0.2, 0.25) is 0 Å². The molecule has 0 bridgehead atoms. The maximum Gasteiger partial charge on any atom is 0.161 e. The van der Waals surface area contributed by atoms with Gasteiger partial charge in [-0.3, -0.25) is 0 Å². The molecule has 118 valence electrons. The lowest BCUT2D eigenvalue weighted by Gasteiger charge is -2.34. The summed E-state index contributed by atoms with van der Waals surface area (Å²) < 4.78 is 10.7. The van der Waals surface area contributed by atoms with Crippen molar-refractivity contribution in [3.05, 3.63) is 23.8 Å². The molecule has 0 saturated heterocycles. The quantitative estimate of drug-likeness (QED) is 0.883. The lowest BCUT2D eigenvalue weighted by atomic mass is 9.80. The zero-order valence-corrected chi connectivity index (χ0v) is 14.0. The third-order valence-corrected chi connectivity index (χ3v) is 4.57. The smallest absolute Gasteiger partial charge is 0.161 e. The van der Waals surface area contributed by atoms with Crippen LogP contribution in [0.5, 0.6) is 11.5 Å². The third-order valence-electron chi connectivity index (χ3n) is 4.57. The second-order valence-electron chi connectivity index (χ2n) is 6.62. The van der Waals surface area contributed by atoms with Gasteiger partial charge in [-0.15, -0.1) is 0 Å². The largest absolute Gasteiger partial charge is 0.493 e. The van der Waals surface area contributed by atoms with Crippen molar-refractivity contribution in [1.82, 2.24) is 5.32 Å². The number of rotatable bonds is 5. The van der Waals surface area contributed by atoms with Crippen LogP contribution in [0.15, 0.2) is 18.2 Å². The highest BCUT2D eigenvalue weighted by molar-refractivity contribution is 5.43. The predicted molar refractivity (Wildman–Crippen MR) is 87.1 cm³/mol. The van der Waals surface area contributed by atoms with Crippen molar-refractivity contribution >= 4 is 0 Å². The second kappa shape index (κ2) is 7.17. The van der Waals surface area contributed by atoms with Crippen molar-refractivity contribution in [2.24, 2.45) is 11.8 Å². The highest BCUT2D eigenvalue weighted by atomic mass is 16.5. The molecule has 0 radical (unpaired) electrons. The Hall–Kier alpha value is -1.22. The first-order valence-electron chi connectivity index (χ1n) is 8.01. The number of hydrogen-bond donors (Lipinski definition) is 1. The van der Waals surface area contributed by atoms with Crippen LogP contribution in [0.4, 0.5) is 0 Å². The summed E-state index contributed by atoms with van der Waals surface area (Å²) in [6, 6.07) is 7.12. The molecule has 21 heavy (non-hydrogen) atoms. The fourth-order valence-corrected chi connectivity index (χ4v) is 3.65. The van der Waals surface area contributed by atoms with Gasteiger partial charge < -0.3 is 14.8 Å². The number of nitrogens with one attached hydrogen (secondary N) is 1. The van der Waals surface area contributed by atoms with Crippen molar-refractivity contribution in [2.75, 3.05) is 14.2 Å². The van der Waals surface area contributed by atoms with Crippen molar-refractivity contribution in [1.29, 1.82) is 0 Å². The standard InChI is InChI=1S/C18H29NO2/c1-12-8-13(2)10-16(9-12)19-14(3)15-6-7-17(20-4)18(11-15)21-5/h6-7,11-14,16,19H,8-10H2,1-5H3. The van der Waals surface area contributed by atoms with E-state index in [4.69, 9.17) is 9.47 Å². The Labute approximate surface area is 129 Å². The molecular weight excluding hydrogens is 262 g/mol. The first-order chi connectivity index (χ1) is 10.0. The molecule has 1 saturated carbocycles. The summed E-state index contributed by atoms with van der Waals surface area (Å²) in [6.45, 7) is 6.96. The third kappa shape index (κ3) is 4.13. The summed E-state index contributed by atoms with van der Waals surface area (Å²) in [6.07, 6.45) is 3.92. The molecule has 1 aromatic rings. The molecule has 0 spiro atoms. The minimum Gasteiger partial charge on any atom is -0.493 e. The molecule has 0 aromatic heterocycles. The Kier molecular flexibility index (Phi) is 5.51. The van der Waals surface area contributed by atoms with Gasteiger partial charge in [0.1, 0.15) is 0 Å². The zero-order chi connectivity index (χ0) is 15.4. The van der Waals surface area contributed by atoms with E-state index in [-0.39, 0.29) is 0 Å². The number of methoxy groups -OCH3 is 2. The maximum atomic E-state index is 5.40. The molecule has 0 aliphatic heterocycles. The van der Waals surface area contributed by atoms with Crippen LogP contribution in [0, 0.1) is 11.8 Å². The zero-order valence-electron chi connectivity index (χ0n) is 14.0. The van der Waals surface area contributed by atoms with E-state index in [9.17, 15) is 0 Å². The summed E-state index contributed by atoms with van der Waals surface area (Å²) in [5, 5.41) is 3.79. The average molecular weight is 291 g/mol. The van der Waals surface area contributed by atoms with Crippen molar-refractivity contribution in [3.8, 4) is 11.5 Å². The van der Waals surface area contributed by atoms with Gasteiger partial charge in [0.25, 0.3) is 0 Å². The van der Waals surface area contributed by atoms with E-state index in [1.165, 1.54) is 24.8 Å². The SMILES string of the molecule is COc1ccc(C(C)NC2CC(C)CC(C)C2)cc1OC. The first kappa shape index (κ1) is 16.2. The maximum absolute atomic E-state index is 5.40. The Morgan fingerprint density at radius 3 is 2.19 bits per heavy atom. The van der Waals surface area contributed by atoms with Gasteiger partial charge in [0, 0.05) is 12.1 Å². The Morgan fingerprint density at radius 1 is 1.00 bits per heavy atom. The van der Waals surface area contributed by atoms with Crippen LogP contribution < -0.4 is 14.8 Å². The average Bonchev–Trinajstić information content (AvgIpc) is 2.45. The Bertz CT molecular complexity index is 451. The number of hydrogen-bond acceptors (Lipinski definition) is 3. The first-order valence-corrected chi connectivity index (χ1v) is 8.01. The van der Waals surface area contributed by atoms with Crippen LogP contribution >= 0.6 is 0 Å². The van der Waals surface area contributed by atoms with Crippen LogP contribution in [0.25, 0.3) is 0 Å². The van der Waals surface area contributed by atoms with Crippen LogP contribution in [0.3, 0.4) is 0 Å². The molecule has 1 fully saturated rings. The van der Waals surface area contributed by atoms with Crippen LogP contribution in [0.2, 0.25) is 0 Å². The molecular formula is C18H29NO2. The van der Waals surface area contributed by atoms with Crippen molar-refractivity contribution in [2.45, 2.75) is 52.1 Å². The summed E-state index contributed by atoms with van der Waals surface area (Å²) in [4.78, 5) is 0. The molecule has 2 rings (SSSR count). The van der Waals surface area contributed by atoms with Crippen LogP contribution in [-0.4, -0.2) is 20.3 Å². The van der Waals surface area contributed by atoms with Crippen molar-refractivity contribution in [3.63, 3.8) is 0 Å². The van der Waals surface area contributed by atoms with Gasteiger partial charge >= 0.3 is 0 Å². The minimum absolute atomic E-state index is 0.326. The summed E-state index contributed by atoms with van der Waals surface area (Å²) in [5.41, 5.74) is 1.25. The molecule has 3 nitrogen and oxygen atoms in total. The fourth-order valence-electron chi connectivity index (χ4n) is 3.65. The van der Waals surface area contributed by atoms with Gasteiger partial charge in [-0.25, -0.2) is 0 Å². The van der Waals surface area contributed by atoms with Gasteiger partial charge in [0.05, 0.1) is 14.2 Å². The molecule has 3 atom stereocenters. The van der Waals surface area contributed by atoms with Gasteiger partial charge in [0.15, 0.2) is 11.5 Å². The molecule has 3 unspecified atom stereocenters. The van der Waals surface area contributed by atoms with Gasteiger partial charge in [-0.2, -0.15) is 0 Å². The van der Waals surface area contributed by atoms with E-state index in [0.29, 0.717) is 12.1 Å². The van der Waals surface area contributed by atoms with E-state index in [1.807, 2.05) is 6.07 Å². The lowest BCUT2D eigenvalue weighted by molar-refractivity contribution is 0.228. The summed E-state index contributed by atoms with van der Waals surface area (Å²) in [7, 11) is 3.36. The predicted octanol–water partition coefficient (Wildman–Crippen LogP) is 4.18. The van der Waals surface area contributed by atoms with Gasteiger partial charge in [-0.1, -0.05) is 19.9 Å². The minimum atomic E-state index is 0.326. The van der Waals surface area contributed by atoms with Crippen molar-refractivity contribution < 1.29 is 9.47 Å². The topological polar surface area (TPSA) is 30.5 Å². The van der Waals surface area contributed by atoms with E-state index in [0.717, 1.165) is 23.3 Å². The van der Waals surface area contributed by atoms with E-state index < -0.39 is 0 Å². The second-order valence-corrected chi connectivity index (χ2v) is 6.62. The van der Waals surface area contributed by atoms with E-state index >= 15 is 0 Å². The monoisotopic (exact) mass is 291 g/mol. The van der Waals surface area contributed by atoms with Crippen LogP contribution in [0.1, 0.15) is 51.6 Å². The molecule has 1 aliphatic rings. The lowest BCUT2D eigenvalue weighted by Crippen LogP contribution is -2.37. The van der Waals surface area contributed by atoms with Crippen LogP contribution in [-0.2, 0) is 0 Å². The summed E-state index contributed by atoms with van der Waals surface area (Å²) >= 11 is 0. The number of benzene rings is 1. The fraction of sp³-hybridized carbons (Fsp3) is 0.667. The molecule has 1 aromatic carbocycles. The highest BCUT2D eigenvalue weighted by Gasteiger charge is 2.25.